The van der Waals surface area contributed by atoms with Crippen molar-refractivity contribution in [1.29, 1.82) is 0 Å². The molecule has 96 valence electrons. The summed E-state index contributed by atoms with van der Waals surface area (Å²) in [6, 6.07) is 0. The van der Waals surface area contributed by atoms with Crippen LogP contribution < -0.4 is 0 Å². The first-order chi connectivity index (χ1) is 7.58. The zero-order valence-electron chi connectivity index (χ0n) is 10.0. The molecule has 0 fully saturated rings. The van der Waals surface area contributed by atoms with E-state index in [0.717, 1.165) is 0 Å². The maximum absolute atomic E-state index is 11.2. The third-order valence-electron chi connectivity index (χ3n) is 2.06. The molecule has 1 amide bonds. The molecule has 0 aromatic heterocycles. The number of carbonyl (C=O) groups is 1. The van der Waals surface area contributed by atoms with Gasteiger partial charge in [-0.2, -0.15) is 0 Å². The van der Waals surface area contributed by atoms with Gasteiger partial charge in [-0.15, -0.1) is 0 Å². The molecule has 6 nitrogen and oxygen atoms in total. The molecule has 16 heavy (non-hydrogen) atoms. The Bertz CT molecular complexity index is 182. The van der Waals surface area contributed by atoms with E-state index in [-0.39, 0.29) is 13.1 Å². The molecule has 0 radical (unpaired) electrons. The predicted molar refractivity (Wildman–Crippen MR) is 61.6 cm³/mol. The Labute approximate surface area is 101 Å². The van der Waals surface area contributed by atoms with Crippen molar-refractivity contribution in [2.75, 3.05) is 41.5 Å². The molecular weight excluding hydrogens is 234 g/mol. The van der Waals surface area contributed by atoms with Crippen molar-refractivity contribution in [1.82, 2.24) is 4.90 Å². The fourth-order valence-corrected chi connectivity index (χ4v) is 1.24. The van der Waals surface area contributed by atoms with Crippen LogP contribution in [0.5, 0.6) is 0 Å². The quantitative estimate of drug-likeness (QED) is 0.506. The summed E-state index contributed by atoms with van der Waals surface area (Å²) in [5, 5.41) is -0.391. The molecule has 0 spiro atoms. The van der Waals surface area contributed by atoms with Crippen molar-refractivity contribution in [3.05, 3.63) is 0 Å². The Kier molecular flexibility index (Phi) is 8.58. The molecule has 0 bridgehead atoms. The van der Waals surface area contributed by atoms with Crippen LogP contribution in [0.2, 0.25) is 0 Å². The standard InChI is InChI=1S/C9H19NO5S/c1-12-7(13-2)5-10(9(11)16)6-8(14-3)15-4/h7-8H,5-6H2,1-4H3,(H,11,16). The number of ether oxygens (including phenoxy) is 4. The molecule has 0 unspecified atom stereocenters. The van der Waals surface area contributed by atoms with E-state index in [4.69, 9.17) is 18.9 Å². The minimum Gasteiger partial charge on any atom is -0.354 e. The number of rotatable bonds is 8. The van der Waals surface area contributed by atoms with Gasteiger partial charge < -0.3 is 23.8 Å². The highest BCUT2D eigenvalue weighted by Crippen LogP contribution is 2.05. The van der Waals surface area contributed by atoms with Crippen LogP contribution in [0.3, 0.4) is 0 Å². The third-order valence-corrected chi connectivity index (χ3v) is 2.34. The van der Waals surface area contributed by atoms with Gasteiger partial charge in [-0.3, -0.25) is 4.79 Å². The van der Waals surface area contributed by atoms with Crippen LogP contribution in [0.4, 0.5) is 4.79 Å². The smallest absolute Gasteiger partial charge is 0.278 e. The van der Waals surface area contributed by atoms with E-state index >= 15 is 0 Å². The molecule has 0 atom stereocenters. The third kappa shape index (κ3) is 5.66. The molecule has 7 heteroatoms. The molecule has 0 saturated heterocycles. The van der Waals surface area contributed by atoms with Gasteiger partial charge in [0.25, 0.3) is 5.24 Å². The zero-order chi connectivity index (χ0) is 12.6. The van der Waals surface area contributed by atoms with Gasteiger partial charge in [0.15, 0.2) is 12.6 Å². The minimum atomic E-state index is -0.495. The van der Waals surface area contributed by atoms with Crippen molar-refractivity contribution in [3.8, 4) is 0 Å². The Morgan fingerprint density at radius 3 is 1.50 bits per heavy atom. The Balaban J connectivity index is 4.31. The fraction of sp³-hybridized carbons (Fsp3) is 0.889. The lowest BCUT2D eigenvalue weighted by molar-refractivity contribution is -0.134. The van der Waals surface area contributed by atoms with Crippen LogP contribution in [-0.2, 0) is 18.9 Å². The number of thiol groups is 1. The lowest BCUT2D eigenvalue weighted by atomic mass is 10.4. The van der Waals surface area contributed by atoms with E-state index < -0.39 is 17.8 Å². The predicted octanol–water partition coefficient (Wildman–Crippen LogP) is 0.576. The summed E-state index contributed by atoms with van der Waals surface area (Å²) >= 11 is 3.76. The van der Waals surface area contributed by atoms with E-state index in [9.17, 15) is 4.79 Å². The van der Waals surface area contributed by atoms with Gasteiger partial charge in [0, 0.05) is 28.4 Å². The summed E-state index contributed by atoms with van der Waals surface area (Å²) in [6.45, 7) is 0.525. The zero-order valence-corrected chi connectivity index (χ0v) is 10.9. The number of carbonyl (C=O) groups excluding carboxylic acids is 1. The molecule has 0 aliphatic heterocycles. The van der Waals surface area contributed by atoms with Crippen molar-refractivity contribution in [2.24, 2.45) is 0 Å². The normalized spacial score (nSPS) is 11.2. The molecule has 0 aliphatic carbocycles. The Morgan fingerprint density at radius 2 is 1.31 bits per heavy atom. The largest absolute Gasteiger partial charge is 0.354 e. The van der Waals surface area contributed by atoms with Gasteiger partial charge in [-0.05, 0) is 0 Å². The maximum atomic E-state index is 11.2. The molecule has 0 saturated carbocycles. The van der Waals surface area contributed by atoms with Crippen LogP contribution in [-0.4, -0.2) is 64.2 Å². The summed E-state index contributed by atoms with van der Waals surface area (Å²) in [7, 11) is 6.00. The molecular formula is C9H19NO5S. The highest BCUT2D eigenvalue weighted by molar-refractivity contribution is 7.96. The van der Waals surface area contributed by atoms with Crippen molar-refractivity contribution >= 4 is 17.9 Å². The highest BCUT2D eigenvalue weighted by atomic mass is 32.1. The molecule has 0 rings (SSSR count). The van der Waals surface area contributed by atoms with E-state index in [1.54, 1.807) is 0 Å². The second kappa shape index (κ2) is 8.77. The van der Waals surface area contributed by atoms with Gasteiger partial charge >= 0.3 is 0 Å². The Hall–Kier alpha value is -0.340. The number of hydrogen-bond acceptors (Lipinski definition) is 5. The van der Waals surface area contributed by atoms with E-state index in [1.165, 1.54) is 33.3 Å². The minimum absolute atomic E-state index is 0.262. The van der Waals surface area contributed by atoms with Crippen LogP contribution in [0.15, 0.2) is 0 Å². The Morgan fingerprint density at radius 1 is 1.00 bits per heavy atom. The molecule has 0 aliphatic rings. The fourth-order valence-electron chi connectivity index (χ4n) is 1.08. The first kappa shape index (κ1) is 15.7. The molecule has 0 N–H and O–H groups in total. The van der Waals surface area contributed by atoms with Crippen LogP contribution in [0.1, 0.15) is 0 Å². The topological polar surface area (TPSA) is 57.2 Å². The molecule has 0 aromatic carbocycles. The molecule has 0 aromatic rings. The second-order valence-corrected chi connectivity index (χ2v) is 3.37. The number of hydrogen-bond donors (Lipinski definition) is 1. The number of nitrogens with zero attached hydrogens (tertiary/aromatic N) is 1. The summed E-state index contributed by atoms with van der Waals surface area (Å²) in [5.41, 5.74) is 0. The van der Waals surface area contributed by atoms with Gasteiger partial charge in [0.05, 0.1) is 13.1 Å². The summed E-state index contributed by atoms with van der Waals surface area (Å²) in [5.74, 6) is 0. The van der Waals surface area contributed by atoms with Crippen LogP contribution in [0, 0.1) is 0 Å². The highest BCUT2D eigenvalue weighted by Gasteiger charge is 2.20. The van der Waals surface area contributed by atoms with Gasteiger partial charge in [0.1, 0.15) is 0 Å². The van der Waals surface area contributed by atoms with E-state index in [0.29, 0.717) is 0 Å². The summed E-state index contributed by atoms with van der Waals surface area (Å²) < 4.78 is 20.0. The average molecular weight is 253 g/mol. The van der Waals surface area contributed by atoms with E-state index in [1.807, 2.05) is 0 Å². The number of methoxy groups -OCH3 is 4. The van der Waals surface area contributed by atoms with E-state index in [2.05, 4.69) is 12.6 Å². The second-order valence-electron chi connectivity index (χ2n) is 2.99. The number of amides is 1. The van der Waals surface area contributed by atoms with Gasteiger partial charge in [-0.25, -0.2) is 0 Å². The van der Waals surface area contributed by atoms with Crippen molar-refractivity contribution < 1.29 is 23.7 Å². The first-order valence-corrected chi connectivity index (χ1v) is 5.12. The average Bonchev–Trinajstić information content (AvgIpc) is 2.29. The lowest BCUT2D eigenvalue weighted by Gasteiger charge is -2.27. The van der Waals surface area contributed by atoms with Crippen molar-refractivity contribution in [3.63, 3.8) is 0 Å². The van der Waals surface area contributed by atoms with Crippen molar-refractivity contribution in [2.45, 2.75) is 12.6 Å². The monoisotopic (exact) mass is 253 g/mol. The van der Waals surface area contributed by atoms with Crippen LogP contribution >= 0.6 is 12.6 Å². The maximum Gasteiger partial charge on any atom is 0.278 e. The summed E-state index contributed by atoms with van der Waals surface area (Å²) in [6.07, 6.45) is -0.990. The van der Waals surface area contributed by atoms with Gasteiger partial charge in [-0.1, -0.05) is 12.6 Å². The SMILES string of the molecule is COC(CN(CC(OC)OC)C(=O)S)OC. The van der Waals surface area contributed by atoms with Gasteiger partial charge in [0.2, 0.25) is 0 Å². The molecule has 0 heterocycles. The summed E-state index contributed by atoms with van der Waals surface area (Å²) in [4.78, 5) is 12.7. The lowest BCUT2D eigenvalue weighted by Crippen LogP contribution is -2.41. The first-order valence-electron chi connectivity index (χ1n) is 4.68. The van der Waals surface area contributed by atoms with Crippen LogP contribution in [0.25, 0.3) is 0 Å².